The monoisotopic (exact) mass is 330 g/mol. The van der Waals surface area contributed by atoms with Crippen molar-refractivity contribution in [2.24, 2.45) is 0 Å². The molecule has 0 saturated heterocycles. The molecule has 1 N–H and O–H groups in total. The summed E-state index contributed by atoms with van der Waals surface area (Å²) in [7, 11) is -1.77. The van der Waals surface area contributed by atoms with Crippen LogP contribution in [0.2, 0.25) is 0 Å². The fourth-order valence-corrected chi connectivity index (χ4v) is 5.07. The predicted octanol–water partition coefficient (Wildman–Crippen LogP) is 2.74. The van der Waals surface area contributed by atoms with Gasteiger partial charge in [0.1, 0.15) is 4.21 Å². The molecule has 110 valence electrons. The molecule has 2 aromatic rings. The van der Waals surface area contributed by atoms with Gasteiger partial charge < -0.3 is 5.32 Å². The van der Waals surface area contributed by atoms with Crippen LogP contribution in [0.15, 0.2) is 33.2 Å². The first-order valence-electron chi connectivity index (χ1n) is 6.31. The van der Waals surface area contributed by atoms with Gasteiger partial charge in [-0.15, -0.1) is 11.3 Å². The Morgan fingerprint density at radius 1 is 1.30 bits per heavy atom. The van der Waals surface area contributed by atoms with Crippen LogP contribution in [0.4, 0.5) is 0 Å². The van der Waals surface area contributed by atoms with Crippen molar-refractivity contribution in [1.82, 2.24) is 9.62 Å². The summed E-state index contributed by atoms with van der Waals surface area (Å²) in [4.78, 5) is 1.04. The van der Waals surface area contributed by atoms with Crippen LogP contribution < -0.4 is 5.32 Å². The number of nitrogens with one attached hydrogen (secondary N) is 1. The van der Waals surface area contributed by atoms with Crippen LogP contribution in [0.3, 0.4) is 0 Å². The van der Waals surface area contributed by atoms with E-state index in [0.29, 0.717) is 17.3 Å². The molecule has 0 fully saturated rings. The van der Waals surface area contributed by atoms with Crippen LogP contribution >= 0.6 is 22.7 Å². The molecule has 0 spiro atoms. The molecule has 0 saturated carbocycles. The number of thiophene rings is 2. The fraction of sp³-hybridized carbons (Fsp3) is 0.385. The van der Waals surface area contributed by atoms with Crippen molar-refractivity contribution < 1.29 is 8.42 Å². The minimum Gasteiger partial charge on any atom is -0.312 e. The lowest BCUT2D eigenvalue weighted by molar-refractivity contribution is 0.469. The quantitative estimate of drug-likeness (QED) is 0.849. The molecule has 0 bridgehead atoms. The maximum absolute atomic E-state index is 12.5. The molecule has 0 aliphatic carbocycles. The Labute approximate surface area is 128 Å². The maximum atomic E-state index is 12.5. The maximum Gasteiger partial charge on any atom is 0.252 e. The predicted molar refractivity (Wildman–Crippen MR) is 84.7 cm³/mol. The Bertz CT molecular complexity index is 632. The molecule has 2 rings (SSSR count). The second-order valence-corrected chi connectivity index (χ2v) is 8.61. The van der Waals surface area contributed by atoms with Crippen molar-refractivity contribution in [2.45, 2.75) is 24.2 Å². The summed E-state index contributed by atoms with van der Waals surface area (Å²) < 4.78 is 26.7. The highest BCUT2D eigenvalue weighted by Crippen LogP contribution is 2.25. The van der Waals surface area contributed by atoms with E-state index in [2.05, 4.69) is 5.32 Å². The third-order valence-corrected chi connectivity index (χ3v) is 6.92. The highest BCUT2D eigenvalue weighted by molar-refractivity contribution is 7.91. The van der Waals surface area contributed by atoms with Crippen LogP contribution in [0.5, 0.6) is 0 Å². The zero-order valence-electron chi connectivity index (χ0n) is 11.5. The van der Waals surface area contributed by atoms with Crippen molar-refractivity contribution in [2.75, 3.05) is 13.6 Å². The molecular formula is C13H18N2O2S3. The van der Waals surface area contributed by atoms with Gasteiger partial charge >= 0.3 is 0 Å². The smallest absolute Gasteiger partial charge is 0.252 e. The number of nitrogens with zero attached hydrogens (tertiary/aromatic N) is 1. The summed E-state index contributed by atoms with van der Waals surface area (Å²) in [6.07, 6.45) is 0. The molecule has 4 nitrogen and oxygen atoms in total. The summed E-state index contributed by atoms with van der Waals surface area (Å²) in [5.74, 6) is 0. The SMILES string of the molecule is CCNCc1ccc(S(=O)(=O)N(C)Cc2ccsc2)s1. The summed E-state index contributed by atoms with van der Waals surface area (Å²) in [5, 5.41) is 7.12. The van der Waals surface area contributed by atoms with Gasteiger partial charge in [0.15, 0.2) is 0 Å². The molecule has 7 heteroatoms. The van der Waals surface area contributed by atoms with E-state index in [0.717, 1.165) is 17.0 Å². The van der Waals surface area contributed by atoms with Crippen molar-refractivity contribution in [3.8, 4) is 0 Å². The van der Waals surface area contributed by atoms with Gasteiger partial charge in [-0.2, -0.15) is 15.6 Å². The highest BCUT2D eigenvalue weighted by Gasteiger charge is 2.22. The molecule has 2 heterocycles. The second-order valence-electron chi connectivity index (χ2n) is 4.39. The lowest BCUT2D eigenvalue weighted by Crippen LogP contribution is -2.25. The largest absolute Gasteiger partial charge is 0.312 e. The van der Waals surface area contributed by atoms with E-state index in [1.807, 2.05) is 29.8 Å². The fourth-order valence-electron chi connectivity index (χ4n) is 1.72. The second kappa shape index (κ2) is 6.82. The highest BCUT2D eigenvalue weighted by atomic mass is 32.2. The molecular weight excluding hydrogens is 312 g/mol. The van der Waals surface area contributed by atoms with E-state index in [1.54, 1.807) is 24.5 Å². The van der Waals surface area contributed by atoms with Crippen molar-refractivity contribution in [3.63, 3.8) is 0 Å². The normalized spacial score (nSPS) is 12.2. The average molecular weight is 330 g/mol. The van der Waals surface area contributed by atoms with E-state index in [-0.39, 0.29) is 0 Å². The van der Waals surface area contributed by atoms with Crippen LogP contribution in [0.25, 0.3) is 0 Å². The van der Waals surface area contributed by atoms with Crippen molar-refractivity contribution in [3.05, 3.63) is 39.4 Å². The Kier molecular flexibility index (Phi) is 5.34. The Balaban J connectivity index is 2.10. The van der Waals surface area contributed by atoms with Gasteiger partial charge in [0, 0.05) is 25.0 Å². The molecule has 0 radical (unpaired) electrons. The van der Waals surface area contributed by atoms with Gasteiger partial charge in [-0.05, 0) is 41.1 Å². The molecule has 0 aliphatic heterocycles. The number of hydrogen-bond acceptors (Lipinski definition) is 5. The topological polar surface area (TPSA) is 49.4 Å². The lowest BCUT2D eigenvalue weighted by Gasteiger charge is -2.15. The molecule has 0 amide bonds. The molecule has 2 aromatic heterocycles. The first kappa shape index (κ1) is 15.7. The van der Waals surface area contributed by atoms with Gasteiger partial charge in [0.2, 0.25) is 0 Å². The van der Waals surface area contributed by atoms with E-state index < -0.39 is 10.0 Å². The standard InChI is InChI=1S/C13H18N2O2S3/c1-3-14-8-12-4-5-13(19-12)20(16,17)15(2)9-11-6-7-18-10-11/h4-7,10,14H,3,8-9H2,1-2H3. The van der Waals surface area contributed by atoms with E-state index in [9.17, 15) is 8.42 Å². The summed E-state index contributed by atoms with van der Waals surface area (Å²) in [6.45, 7) is 4.02. The minimum absolute atomic E-state index is 0.406. The zero-order chi connectivity index (χ0) is 14.6. The van der Waals surface area contributed by atoms with Crippen molar-refractivity contribution >= 4 is 32.7 Å². The third kappa shape index (κ3) is 3.67. The average Bonchev–Trinajstić information content (AvgIpc) is 3.07. The van der Waals surface area contributed by atoms with Gasteiger partial charge in [0.05, 0.1) is 0 Å². The van der Waals surface area contributed by atoms with Crippen LogP contribution in [-0.2, 0) is 23.1 Å². The van der Waals surface area contributed by atoms with Gasteiger partial charge in [-0.3, -0.25) is 0 Å². The van der Waals surface area contributed by atoms with Gasteiger partial charge in [0.25, 0.3) is 10.0 Å². The Morgan fingerprint density at radius 3 is 2.75 bits per heavy atom. The zero-order valence-corrected chi connectivity index (χ0v) is 13.9. The minimum atomic E-state index is -3.39. The summed E-state index contributed by atoms with van der Waals surface area (Å²) >= 11 is 2.91. The Morgan fingerprint density at radius 2 is 2.10 bits per heavy atom. The van der Waals surface area contributed by atoms with Gasteiger partial charge in [-0.1, -0.05) is 6.92 Å². The molecule has 0 atom stereocenters. The number of rotatable bonds is 7. The first-order valence-corrected chi connectivity index (χ1v) is 9.51. The first-order chi connectivity index (χ1) is 9.54. The number of hydrogen-bond donors (Lipinski definition) is 1. The number of sulfonamides is 1. The van der Waals surface area contributed by atoms with Gasteiger partial charge in [-0.25, -0.2) is 8.42 Å². The molecule has 0 unspecified atom stereocenters. The summed E-state index contributed by atoms with van der Waals surface area (Å²) in [5.41, 5.74) is 1.02. The summed E-state index contributed by atoms with van der Waals surface area (Å²) in [6, 6.07) is 5.51. The van der Waals surface area contributed by atoms with E-state index in [1.165, 1.54) is 15.6 Å². The van der Waals surface area contributed by atoms with E-state index in [4.69, 9.17) is 0 Å². The third-order valence-electron chi connectivity index (χ3n) is 2.84. The van der Waals surface area contributed by atoms with E-state index >= 15 is 0 Å². The van der Waals surface area contributed by atoms with Crippen molar-refractivity contribution in [1.29, 1.82) is 0 Å². The lowest BCUT2D eigenvalue weighted by atomic mass is 10.3. The molecule has 0 aliphatic rings. The van der Waals surface area contributed by atoms with Crippen LogP contribution in [0, 0.1) is 0 Å². The van der Waals surface area contributed by atoms with Crippen LogP contribution in [-0.4, -0.2) is 26.3 Å². The Hall–Kier alpha value is -0.730. The van der Waals surface area contributed by atoms with Crippen LogP contribution in [0.1, 0.15) is 17.4 Å². The molecule has 20 heavy (non-hydrogen) atoms. The molecule has 0 aromatic carbocycles.